The number of pyridine rings is 1. The first-order chi connectivity index (χ1) is 9.75. The number of hydrogen-bond donors (Lipinski definition) is 1. The van der Waals surface area contributed by atoms with Gasteiger partial charge in [-0.1, -0.05) is 18.2 Å². The Morgan fingerprint density at radius 3 is 2.85 bits per heavy atom. The number of ether oxygens (including phenoxy) is 1. The molecule has 0 spiro atoms. The number of nitrogens with zero attached hydrogens (tertiary/aromatic N) is 3. The molecule has 1 aromatic carbocycles. The third kappa shape index (κ3) is 2.14. The molecular weight excluding hydrogens is 258 g/mol. The highest BCUT2D eigenvalue weighted by molar-refractivity contribution is 5.89. The highest BCUT2D eigenvalue weighted by Crippen LogP contribution is 2.28. The van der Waals surface area contributed by atoms with Crippen molar-refractivity contribution in [3.05, 3.63) is 54.5 Å². The van der Waals surface area contributed by atoms with Gasteiger partial charge in [0.2, 0.25) is 5.88 Å². The summed E-state index contributed by atoms with van der Waals surface area (Å²) in [5.41, 5.74) is -0.165. The summed E-state index contributed by atoms with van der Waals surface area (Å²) in [6.07, 6.45) is 3.01. The zero-order valence-electron chi connectivity index (χ0n) is 10.2. The highest BCUT2D eigenvalue weighted by atomic mass is 16.5. The Kier molecular flexibility index (Phi) is 2.96. The van der Waals surface area contributed by atoms with E-state index in [1.807, 2.05) is 24.3 Å². The fourth-order valence-corrected chi connectivity index (χ4v) is 1.81. The van der Waals surface area contributed by atoms with Crippen LogP contribution in [0.4, 0.5) is 0 Å². The lowest BCUT2D eigenvalue weighted by Crippen LogP contribution is -2.03. The maximum atomic E-state index is 11.1. The van der Waals surface area contributed by atoms with Gasteiger partial charge in [0.15, 0.2) is 11.4 Å². The molecule has 3 aromatic rings. The van der Waals surface area contributed by atoms with Crippen molar-refractivity contribution < 1.29 is 14.6 Å². The Morgan fingerprint density at radius 1 is 1.15 bits per heavy atom. The molecular formula is C14H9N3O3. The molecule has 6 nitrogen and oxygen atoms in total. The molecule has 0 aliphatic rings. The van der Waals surface area contributed by atoms with Crippen LogP contribution in [0.15, 0.2) is 48.8 Å². The molecule has 6 heteroatoms. The Hall–Kier alpha value is -3.02. The predicted octanol–water partition coefficient (Wildman–Crippen LogP) is 2.52. The van der Waals surface area contributed by atoms with Gasteiger partial charge in [-0.15, -0.1) is 5.10 Å². The van der Waals surface area contributed by atoms with E-state index in [9.17, 15) is 4.79 Å². The lowest BCUT2D eigenvalue weighted by Gasteiger charge is -2.08. The molecule has 20 heavy (non-hydrogen) atoms. The predicted molar refractivity (Wildman–Crippen MR) is 70.8 cm³/mol. The molecule has 98 valence electrons. The summed E-state index contributed by atoms with van der Waals surface area (Å²) in [5.74, 6) is -0.780. The molecule has 0 atom stereocenters. The number of carbonyl (C=O) groups is 1. The summed E-state index contributed by atoms with van der Waals surface area (Å²) < 4.78 is 5.57. The number of hydrogen-bond acceptors (Lipinski definition) is 5. The summed E-state index contributed by atoms with van der Waals surface area (Å²) in [7, 11) is 0. The van der Waals surface area contributed by atoms with Gasteiger partial charge in [-0.2, -0.15) is 5.10 Å². The monoisotopic (exact) mass is 267 g/mol. The van der Waals surface area contributed by atoms with Gasteiger partial charge < -0.3 is 9.84 Å². The molecule has 2 heterocycles. The summed E-state index contributed by atoms with van der Waals surface area (Å²) in [5, 5.41) is 18.4. The first-order valence-electron chi connectivity index (χ1n) is 5.82. The lowest BCUT2D eigenvalue weighted by molar-refractivity contribution is 0.0687. The number of fused-ring (bicyclic) bond motifs is 1. The summed E-state index contributed by atoms with van der Waals surface area (Å²) >= 11 is 0. The molecule has 3 rings (SSSR count). The standard InChI is InChI=1S/C14H9N3O3/c18-14(19)12-11(6-3-7-15-12)20-13-10-5-2-1-4-9(10)8-16-17-13/h1-8H,(H,18,19). The first kappa shape index (κ1) is 12.0. The molecule has 0 fully saturated rings. The smallest absolute Gasteiger partial charge is 0.358 e. The normalized spacial score (nSPS) is 10.4. The van der Waals surface area contributed by atoms with E-state index < -0.39 is 5.97 Å². The molecule has 0 aliphatic heterocycles. The molecule has 0 unspecified atom stereocenters. The number of benzene rings is 1. The molecule has 0 amide bonds. The van der Waals surface area contributed by atoms with Gasteiger partial charge in [-0.25, -0.2) is 9.78 Å². The van der Waals surface area contributed by atoms with Crippen LogP contribution in [0.1, 0.15) is 10.5 Å². The van der Waals surface area contributed by atoms with Gasteiger partial charge >= 0.3 is 5.97 Å². The van der Waals surface area contributed by atoms with E-state index in [0.29, 0.717) is 0 Å². The number of carboxylic acid groups (broad SMARTS) is 1. The third-order valence-electron chi connectivity index (χ3n) is 2.72. The topological polar surface area (TPSA) is 85.2 Å². The van der Waals surface area contributed by atoms with Crippen LogP contribution in [0.5, 0.6) is 11.6 Å². The minimum absolute atomic E-state index is 0.130. The van der Waals surface area contributed by atoms with Crippen molar-refractivity contribution in [2.45, 2.75) is 0 Å². The van der Waals surface area contributed by atoms with Crippen LogP contribution in [-0.4, -0.2) is 26.3 Å². The Bertz CT molecular complexity index is 784. The average Bonchev–Trinajstić information content (AvgIpc) is 2.48. The van der Waals surface area contributed by atoms with Crippen LogP contribution in [-0.2, 0) is 0 Å². The van der Waals surface area contributed by atoms with Gasteiger partial charge in [0.25, 0.3) is 0 Å². The Morgan fingerprint density at radius 2 is 2.00 bits per heavy atom. The van der Waals surface area contributed by atoms with Crippen LogP contribution in [0.3, 0.4) is 0 Å². The van der Waals surface area contributed by atoms with E-state index in [1.165, 1.54) is 12.3 Å². The van der Waals surface area contributed by atoms with Crippen molar-refractivity contribution in [3.8, 4) is 11.6 Å². The SMILES string of the molecule is O=C(O)c1ncccc1Oc1nncc2ccccc12. The van der Waals surface area contributed by atoms with E-state index in [2.05, 4.69) is 15.2 Å². The van der Waals surface area contributed by atoms with Crippen LogP contribution >= 0.6 is 0 Å². The van der Waals surface area contributed by atoms with Crippen molar-refractivity contribution in [2.24, 2.45) is 0 Å². The van der Waals surface area contributed by atoms with Gasteiger partial charge in [-0.05, 0) is 18.2 Å². The van der Waals surface area contributed by atoms with Gasteiger partial charge in [0, 0.05) is 17.0 Å². The van der Waals surface area contributed by atoms with Crippen LogP contribution in [0.25, 0.3) is 10.8 Å². The average molecular weight is 267 g/mol. The molecule has 0 radical (unpaired) electrons. The van der Waals surface area contributed by atoms with Crippen molar-refractivity contribution in [1.29, 1.82) is 0 Å². The summed E-state index contributed by atoms with van der Waals surface area (Å²) in [4.78, 5) is 14.9. The second kappa shape index (κ2) is 4.93. The summed E-state index contributed by atoms with van der Waals surface area (Å²) in [6, 6.07) is 10.5. The maximum absolute atomic E-state index is 11.1. The fraction of sp³-hybridized carbons (Fsp3) is 0. The Labute approximate surface area is 113 Å². The van der Waals surface area contributed by atoms with E-state index in [0.717, 1.165) is 10.8 Å². The summed E-state index contributed by atoms with van der Waals surface area (Å²) in [6.45, 7) is 0. The molecule has 2 aromatic heterocycles. The largest absolute Gasteiger partial charge is 0.476 e. The Balaban J connectivity index is 2.08. The van der Waals surface area contributed by atoms with Crippen LogP contribution < -0.4 is 4.74 Å². The number of aromatic carboxylic acids is 1. The molecule has 1 N–H and O–H groups in total. The molecule has 0 aliphatic carbocycles. The molecule has 0 saturated carbocycles. The van der Waals surface area contributed by atoms with Gasteiger partial charge in [-0.3, -0.25) is 0 Å². The van der Waals surface area contributed by atoms with E-state index in [-0.39, 0.29) is 17.3 Å². The number of aromatic nitrogens is 3. The molecule has 0 bridgehead atoms. The quantitative estimate of drug-likeness (QED) is 0.784. The fourth-order valence-electron chi connectivity index (χ4n) is 1.81. The van der Waals surface area contributed by atoms with Crippen LogP contribution in [0.2, 0.25) is 0 Å². The van der Waals surface area contributed by atoms with Crippen molar-refractivity contribution in [1.82, 2.24) is 15.2 Å². The minimum Gasteiger partial charge on any atom is -0.476 e. The second-order valence-electron chi connectivity index (χ2n) is 3.99. The third-order valence-corrected chi connectivity index (χ3v) is 2.72. The van der Waals surface area contributed by atoms with E-state index in [1.54, 1.807) is 12.3 Å². The zero-order valence-corrected chi connectivity index (χ0v) is 10.2. The van der Waals surface area contributed by atoms with Gasteiger partial charge in [0.1, 0.15) is 0 Å². The number of carboxylic acids is 1. The van der Waals surface area contributed by atoms with Gasteiger partial charge in [0.05, 0.1) is 6.20 Å². The minimum atomic E-state index is -1.16. The maximum Gasteiger partial charge on any atom is 0.358 e. The van der Waals surface area contributed by atoms with Crippen molar-refractivity contribution in [2.75, 3.05) is 0 Å². The second-order valence-corrected chi connectivity index (χ2v) is 3.99. The molecule has 0 saturated heterocycles. The first-order valence-corrected chi connectivity index (χ1v) is 5.82. The van der Waals surface area contributed by atoms with Crippen LogP contribution in [0, 0.1) is 0 Å². The van der Waals surface area contributed by atoms with E-state index >= 15 is 0 Å². The zero-order chi connectivity index (χ0) is 13.9. The van der Waals surface area contributed by atoms with Crippen molar-refractivity contribution in [3.63, 3.8) is 0 Å². The van der Waals surface area contributed by atoms with Crippen molar-refractivity contribution >= 4 is 16.7 Å². The highest BCUT2D eigenvalue weighted by Gasteiger charge is 2.14. The van der Waals surface area contributed by atoms with E-state index in [4.69, 9.17) is 9.84 Å². The number of rotatable bonds is 3. The lowest BCUT2D eigenvalue weighted by atomic mass is 10.2.